The summed E-state index contributed by atoms with van der Waals surface area (Å²) in [6.07, 6.45) is 1.09. The van der Waals surface area contributed by atoms with Crippen molar-refractivity contribution >= 4 is 41.0 Å². The summed E-state index contributed by atoms with van der Waals surface area (Å²) in [5.74, 6) is -0.713. The fraction of sp³-hybridized carbons (Fsp3) is 0.200. The van der Waals surface area contributed by atoms with Crippen LogP contribution in [0.2, 0.25) is 0 Å². The van der Waals surface area contributed by atoms with E-state index in [0.29, 0.717) is 11.4 Å². The molecule has 0 aliphatic rings. The Labute approximate surface area is 144 Å². The number of para-hydroxylation sites is 2. The highest BCUT2D eigenvalue weighted by atomic mass is 32.1. The van der Waals surface area contributed by atoms with Gasteiger partial charge < -0.3 is 15.2 Å². The molecular weight excluding hydrogens is 332 g/mol. The Morgan fingerprint density at radius 2 is 1.92 bits per heavy atom. The normalized spacial score (nSPS) is 11.5. The minimum Gasteiger partial charge on any atom is -0.512 e. The van der Waals surface area contributed by atoms with E-state index in [9.17, 15) is 14.7 Å². The second-order valence-electron chi connectivity index (χ2n) is 4.52. The summed E-state index contributed by atoms with van der Waals surface area (Å²) in [5.41, 5.74) is 4.96. The van der Waals surface area contributed by atoms with Gasteiger partial charge in [0, 0.05) is 13.1 Å². The lowest BCUT2D eigenvalue weighted by Gasteiger charge is -2.10. The standard InChI is InChI=1S/C15H18N4O4S/c1-9(20)11(8-16-15(24)19-18-10(2)21)14(22)17-12-6-4-5-7-13(12)23-3/h4-8,20H,1-3H3,(H,17,22)(H,18,21)(H,19,24)/b11-9-,16-8+. The summed E-state index contributed by atoms with van der Waals surface area (Å²) in [6, 6.07) is 6.83. The van der Waals surface area contributed by atoms with Crippen LogP contribution in [0.1, 0.15) is 13.8 Å². The van der Waals surface area contributed by atoms with E-state index in [1.54, 1.807) is 24.3 Å². The van der Waals surface area contributed by atoms with Crippen LogP contribution >= 0.6 is 12.2 Å². The van der Waals surface area contributed by atoms with Crippen molar-refractivity contribution in [2.24, 2.45) is 4.99 Å². The van der Waals surface area contributed by atoms with E-state index in [1.165, 1.54) is 21.0 Å². The maximum Gasteiger partial charge on any atom is 0.260 e. The van der Waals surface area contributed by atoms with Gasteiger partial charge in [-0.25, -0.2) is 4.99 Å². The number of anilines is 1. The number of nitrogens with zero attached hydrogens (tertiary/aromatic N) is 1. The molecule has 0 saturated carbocycles. The van der Waals surface area contributed by atoms with Crippen molar-refractivity contribution in [2.45, 2.75) is 13.8 Å². The van der Waals surface area contributed by atoms with Gasteiger partial charge in [0.2, 0.25) is 11.0 Å². The van der Waals surface area contributed by atoms with Gasteiger partial charge in [-0.15, -0.1) is 0 Å². The lowest BCUT2D eigenvalue weighted by Crippen LogP contribution is -2.38. The van der Waals surface area contributed by atoms with Gasteiger partial charge in [-0.1, -0.05) is 12.1 Å². The molecule has 1 aromatic rings. The van der Waals surface area contributed by atoms with E-state index < -0.39 is 5.91 Å². The summed E-state index contributed by atoms with van der Waals surface area (Å²) >= 11 is 4.85. The van der Waals surface area contributed by atoms with Gasteiger partial charge in [0.25, 0.3) is 5.91 Å². The summed E-state index contributed by atoms with van der Waals surface area (Å²) in [7, 11) is 1.48. The molecule has 128 valence electrons. The largest absolute Gasteiger partial charge is 0.512 e. The average Bonchev–Trinajstić information content (AvgIpc) is 2.53. The van der Waals surface area contributed by atoms with Gasteiger partial charge in [-0.3, -0.25) is 20.4 Å². The van der Waals surface area contributed by atoms with Crippen LogP contribution in [0, 0.1) is 0 Å². The molecule has 9 heteroatoms. The lowest BCUT2D eigenvalue weighted by atomic mass is 10.2. The van der Waals surface area contributed by atoms with E-state index in [-0.39, 0.29) is 22.4 Å². The molecule has 0 aromatic heterocycles. The third kappa shape index (κ3) is 6.05. The first-order valence-corrected chi connectivity index (χ1v) is 7.20. The molecule has 24 heavy (non-hydrogen) atoms. The van der Waals surface area contributed by atoms with E-state index in [4.69, 9.17) is 17.0 Å². The molecule has 0 unspecified atom stereocenters. The zero-order valence-corrected chi connectivity index (χ0v) is 14.2. The first-order valence-electron chi connectivity index (χ1n) is 6.80. The van der Waals surface area contributed by atoms with E-state index in [2.05, 4.69) is 21.2 Å². The van der Waals surface area contributed by atoms with Gasteiger partial charge >= 0.3 is 0 Å². The molecule has 0 aliphatic heterocycles. The number of aliphatic hydroxyl groups is 1. The molecule has 0 spiro atoms. The number of methoxy groups -OCH3 is 1. The molecule has 0 bridgehead atoms. The number of rotatable bonds is 4. The van der Waals surface area contributed by atoms with Crippen LogP contribution in [0.4, 0.5) is 5.69 Å². The third-order valence-electron chi connectivity index (χ3n) is 2.65. The molecule has 1 rings (SSSR count). The molecule has 4 N–H and O–H groups in total. The molecule has 0 radical (unpaired) electrons. The summed E-state index contributed by atoms with van der Waals surface area (Å²) in [4.78, 5) is 26.8. The second kappa shape index (κ2) is 9.26. The van der Waals surface area contributed by atoms with E-state index >= 15 is 0 Å². The molecule has 8 nitrogen and oxygen atoms in total. The number of carbonyl (C=O) groups is 2. The van der Waals surface area contributed by atoms with Gasteiger partial charge in [-0.2, -0.15) is 0 Å². The first-order chi connectivity index (χ1) is 11.3. The summed E-state index contributed by atoms with van der Waals surface area (Å²) < 4.78 is 5.14. The van der Waals surface area contributed by atoms with Crippen LogP contribution in [0.15, 0.2) is 40.6 Å². The van der Waals surface area contributed by atoms with Crippen molar-refractivity contribution in [1.82, 2.24) is 10.9 Å². The van der Waals surface area contributed by atoms with Gasteiger partial charge in [0.05, 0.1) is 18.4 Å². The number of hydrogen-bond donors (Lipinski definition) is 4. The van der Waals surface area contributed by atoms with Crippen molar-refractivity contribution in [1.29, 1.82) is 0 Å². The number of nitrogens with one attached hydrogen (secondary N) is 3. The number of thiocarbonyl (C=S) groups is 1. The van der Waals surface area contributed by atoms with Crippen molar-refractivity contribution in [3.63, 3.8) is 0 Å². The molecule has 2 amide bonds. The molecule has 0 fully saturated rings. The summed E-state index contributed by atoms with van der Waals surface area (Å²) in [6.45, 7) is 2.64. The molecule has 0 aliphatic carbocycles. The SMILES string of the molecule is COc1ccccc1NC(=O)C(/C=N/C(=S)NNC(C)=O)=C(/C)O. The number of amides is 2. The maximum atomic E-state index is 12.3. The number of benzene rings is 1. The van der Waals surface area contributed by atoms with Crippen LogP contribution in [0.3, 0.4) is 0 Å². The smallest absolute Gasteiger partial charge is 0.260 e. The first kappa shape index (κ1) is 19.1. The minimum absolute atomic E-state index is 0.0750. The van der Waals surface area contributed by atoms with Crippen LogP contribution in [0.5, 0.6) is 5.75 Å². The van der Waals surface area contributed by atoms with Gasteiger partial charge in [0.1, 0.15) is 11.5 Å². The quantitative estimate of drug-likeness (QED) is 0.215. The number of hydrazine groups is 1. The van der Waals surface area contributed by atoms with Crippen molar-refractivity contribution in [2.75, 3.05) is 12.4 Å². The van der Waals surface area contributed by atoms with Crippen LogP contribution < -0.4 is 20.9 Å². The average molecular weight is 350 g/mol. The van der Waals surface area contributed by atoms with E-state index in [0.717, 1.165) is 6.21 Å². The number of ether oxygens (including phenoxy) is 1. The molecular formula is C15H18N4O4S. The van der Waals surface area contributed by atoms with E-state index in [1.807, 2.05) is 0 Å². The Morgan fingerprint density at radius 1 is 1.25 bits per heavy atom. The number of carbonyl (C=O) groups excluding carboxylic acids is 2. The molecule has 0 saturated heterocycles. The number of aliphatic imine (C=N–C) groups is 1. The predicted molar refractivity (Wildman–Crippen MR) is 95.0 cm³/mol. The highest BCUT2D eigenvalue weighted by Crippen LogP contribution is 2.23. The Kier molecular flexibility index (Phi) is 7.37. The van der Waals surface area contributed by atoms with Crippen molar-refractivity contribution in [3.8, 4) is 5.75 Å². The maximum absolute atomic E-state index is 12.3. The zero-order chi connectivity index (χ0) is 18.1. The number of allylic oxidation sites excluding steroid dienone is 1. The fourth-order valence-corrected chi connectivity index (χ4v) is 1.65. The Morgan fingerprint density at radius 3 is 2.50 bits per heavy atom. The monoisotopic (exact) mass is 350 g/mol. The van der Waals surface area contributed by atoms with Gasteiger partial charge in [0.15, 0.2) is 0 Å². The van der Waals surface area contributed by atoms with Crippen LogP contribution in [0.25, 0.3) is 0 Å². The third-order valence-corrected chi connectivity index (χ3v) is 2.85. The molecule has 0 heterocycles. The Balaban J connectivity index is 2.85. The van der Waals surface area contributed by atoms with Crippen molar-refractivity contribution < 1.29 is 19.4 Å². The van der Waals surface area contributed by atoms with Crippen LogP contribution in [-0.4, -0.2) is 35.4 Å². The van der Waals surface area contributed by atoms with Crippen LogP contribution in [-0.2, 0) is 9.59 Å². The molecule has 0 atom stereocenters. The fourth-order valence-electron chi connectivity index (χ4n) is 1.55. The minimum atomic E-state index is -0.592. The lowest BCUT2D eigenvalue weighted by molar-refractivity contribution is -0.119. The zero-order valence-electron chi connectivity index (χ0n) is 13.4. The predicted octanol–water partition coefficient (Wildman–Crippen LogP) is 1.46. The highest BCUT2D eigenvalue weighted by molar-refractivity contribution is 7.80. The Bertz CT molecular complexity index is 696. The number of aliphatic hydroxyl groups excluding tert-OH is 1. The van der Waals surface area contributed by atoms with Gasteiger partial charge in [-0.05, 0) is 31.3 Å². The highest BCUT2D eigenvalue weighted by Gasteiger charge is 2.13. The molecule has 1 aromatic carbocycles. The van der Waals surface area contributed by atoms with Crippen molar-refractivity contribution in [3.05, 3.63) is 35.6 Å². The second-order valence-corrected chi connectivity index (χ2v) is 4.91. The Hall–Kier alpha value is -2.94. The summed E-state index contributed by atoms with van der Waals surface area (Å²) in [5, 5.41) is 12.2. The topological polar surface area (TPSA) is 112 Å². The number of hydrogen-bond acceptors (Lipinski definition) is 5.